The Balaban J connectivity index is 2.55. The van der Waals surface area contributed by atoms with Crippen molar-refractivity contribution in [3.05, 3.63) is 0 Å². The maximum Gasteiger partial charge on any atom is 0.0605 e. The van der Waals surface area contributed by atoms with Gasteiger partial charge in [0.15, 0.2) is 0 Å². The highest BCUT2D eigenvalue weighted by molar-refractivity contribution is 5.08. The second-order valence-corrected chi connectivity index (χ2v) is 4.37. The van der Waals surface area contributed by atoms with Gasteiger partial charge < -0.3 is 10.5 Å². The molecule has 1 fully saturated rings. The van der Waals surface area contributed by atoms with Crippen LogP contribution < -0.4 is 5.73 Å². The van der Waals surface area contributed by atoms with Crippen molar-refractivity contribution in [2.45, 2.75) is 33.3 Å². The summed E-state index contributed by atoms with van der Waals surface area (Å²) in [4.78, 5) is 0. The third kappa shape index (κ3) is 1.38. The van der Waals surface area contributed by atoms with E-state index < -0.39 is 0 Å². The van der Waals surface area contributed by atoms with Crippen LogP contribution in [-0.2, 0) is 4.74 Å². The Morgan fingerprint density at radius 2 is 2.08 bits per heavy atom. The van der Waals surface area contributed by atoms with Crippen LogP contribution in [0.1, 0.15) is 27.2 Å². The van der Waals surface area contributed by atoms with Crippen molar-refractivity contribution < 1.29 is 4.74 Å². The van der Waals surface area contributed by atoms with Crippen LogP contribution in [0.5, 0.6) is 0 Å². The van der Waals surface area contributed by atoms with E-state index in [1.807, 2.05) is 0 Å². The van der Waals surface area contributed by atoms with Gasteiger partial charge in [-0.25, -0.2) is 0 Å². The third-order valence-electron chi connectivity index (χ3n) is 3.50. The van der Waals surface area contributed by atoms with E-state index in [1.54, 1.807) is 7.11 Å². The molecule has 0 bridgehead atoms. The quantitative estimate of drug-likeness (QED) is 0.698. The molecule has 0 aromatic heterocycles. The maximum absolute atomic E-state index is 5.69. The summed E-state index contributed by atoms with van der Waals surface area (Å²) in [6.07, 6.45) is 1.51. The normalized spacial score (nSPS) is 34.8. The Kier molecular flexibility index (Phi) is 2.79. The van der Waals surface area contributed by atoms with Crippen LogP contribution in [0.4, 0.5) is 0 Å². The summed E-state index contributed by atoms with van der Waals surface area (Å²) in [5.74, 6) is 1.35. The first kappa shape index (κ1) is 10.0. The molecule has 0 heterocycles. The fourth-order valence-corrected chi connectivity index (χ4v) is 2.54. The molecule has 12 heavy (non-hydrogen) atoms. The molecule has 3 atom stereocenters. The molecule has 2 N–H and O–H groups in total. The molecular weight excluding hydrogens is 150 g/mol. The lowest BCUT2D eigenvalue weighted by molar-refractivity contribution is 0.0689. The zero-order chi connectivity index (χ0) is 9.35. The number of nitrogens with two attached hydrogens (primary N) is 1. The summed E-state index contributed by atoms with van der Waals surface area (Å²) in [6.45, 7) is 7.56. The van der Waals surface area contributed by atoms with E-state index in [1.165, 1.54) is 0 Å². The summed E-state index contributed by atoms with van der Waals surface area (Å²) in [6, 6.07) is 0. The van der Waals surface area contributed by atoms with Gasteiger partial charge in [-0.15, -0.1) is 0 Å². The molecule has 0 spiro atoms. The zero-order valence-corrected chi connectivity index (χ0v) is 8.63. The first-order valence-electron chi connectivity index (χ1n) is 4.82. The van der Waals surface area contributed by atoms with Crippen LogP contribution in [-0.4, -0.2) is 19.8 Å². The smallest absolute Gasteiger partial charge is 0.0605 e. The molecule has 72 valence electrons. The molecule has 0 aromatic rings. The van der Waals surface area contributed by atoms with Gasteiger partial charge in [-0.2, -0.15) is 0 Å². The van der Waals surface area contributed by atoms with E-state index in [0.717, 1.165) is 13.0 Å². The number of hydrogen-bond donors (Lipinski definition) is 1. The molecule has 1 aliphatic rings. The Hall–Kier alpha value is -0.0800. The van der Waals surface area contributed by atoms with Crippen molar-refractivity contribution in [1.82, 2.24) is 0 Å². The molecule has 1 unspecified atom stereocenters. The van der Waals surface area contributed by atoms with Gasteiger partial charge in [0.25, 0.3) is 0 Å². The highest BCUT2D eigenvalue weighted by Gasteiger charge is 2.59. The Morgan fingerprint density at radius 1 is 1.50 bits per heavy atom. The van der Waals surface area contributed by atoms with Crippen molar-refractivity contribution in [3.63, 3.8) is 0 Å². The van der Waals surface area contributed by atoms with Gasteiger partial charge in [-0.1, -0.05) is 20.8 Å². The van der Waals surface area contributed by atoms with Crippen LogP contribution in [0.15, 0.2) is 0 Å². The predicted octanol–water partition coefficient (Wildman–Crippen LogP) is 1.64. The van der Waals surface area contributed by atoms with Crippen LogP contribution in [0, 0.1) is 17.3 Å². The van der Waals surface area contributed by atoms with Crippen LogP contribution >= 0.6 is 0 Å². The lowest BCUT2D eigenvalue weighted by Crippen LogP contribution is -2.16. The van der Waals surface area contributed by atoms with Gasteiger partial charge in [0, 0.05) is 7.11 Å². The second-order valence-electron chi connectivity index (χ2n) is 4.37. The Labute approximate surface area is 75.5 Å². The van der Waals surface area contributed by atoms with Crippen molar-refractivity contribution in [2.75, 3.05) is 13.7 Å². The first-order chi connectivity index (χ1) is 5.59. The molecule has 0 aliphatic heterocycles. The fraction of sp³-hybridized carbons (Fsp3) is 1.00. The third-order valence-corrected chi connectivity index (χ3v) is 3.50. The molecular formula is C10H21NO. The minimum absolute atomic E-state index is 0.408. The molecule has 0 aromatic carbocycles. The largest absolute Gasteiger partial charge is 0.381 e. The van der Waals surface area contributed by atoms with Crippen molar-refractivity contribution >= 4 is 0 Å². The van der Waals surface area contributed by atoms with Gasteiger partial charge in [-0.3, -0.25) is 0 Å². The van der Waals surface area contributed by atoms with Gasteiger partial charge in [0.2, 0.25) is 0 Å². The average molecular weight is 171 g/mol. The molecule has 2 heteroatoms. The fourth-order valence-electron chi connectivity index (χ4n) is 2.54. The van der Waals surface area contributed by atoms with Crippen molar-refractivity contribution in [1.29, 1.82) is 0 Å². The highest BCUT2D eigenvalue weighted by Crippen LogP contribution is 2.60. The molecule has 2 nitrogen and oxygen atoms in total. The van der Waals surface area contributed by atoms with Gasteiger partial charge >= 0.3 is 0 Å². The van der Waals surface area contributed by atoms with Gasteiger partial charge in [0.1, 0.15) is 0 Å². The number of methoxy groups -OCH3 is 1. The monoisotopic (exact) mass is 171 g/mol. The van der Waals surface area contributed by atoms with E-state index in [0.29, 0.717) is 23.4 Å². The topological polar surface area (TPSA) is 35.2 Å². The van der Waals surface area contributed by atoms with Gasteiger partial charge in [-0.05, 0) is 30.2 Å². The molecule has 0 saturated heterocycles. The summed E-state index contributed by atoms with van der Waals surface area (Å²) >= 11 is 0. The average Bonchev–Trinajstić information content (AvgIpc) is 2.57. The minimum atomic E-state index is 0.408. The molecule has 1 rings (SSSR count). The zero-order valence-electron chi connectivity index (χ0n) is 8.63. The molecule has 1 saturated carbocycles. The number of rotatable bonds is 4. The van der Waals surface area contributed by atoms with E-state index in [-0.39, 0.29) is 0 Å². The highest BCUT2D eigenvalue weighted by atomic mass is 16.5. The van der Waals surface area contributed by atoms with E-state index >= 15 is 0 Å². The van der Waals surface area contributed by atoms with Crippen LogP contribution in [0.3, 0.4) is 0 Å². The predicted molar refractivity (Wildman–Crippen MR) is 50.9 cm³/mol. The molecule has 0 amide bonds. The van der Waals surface area contributed by atoms with Crippen molar-refractivity contribution in [3.8, 4) is 0 Å². The van der Waals surface area contributed by atoms with Crippen LogP contribution in [0.25, 0.3) is 0 Å². The maximum atomic E-state index is 5.69. The van der Waals surface area contributed by atoms with Crippen LogP contribution in [0.2, 0.25) is 0 Å². The number of ether oxygens (including phenoxy) is 1. The second kappa shape index (κ2) is 3.35. The SMILES string of the molecule is CCC(OC)[C@@H]1[C@@H](CN)C1(C)C. The van der Waals surface area contributed by atoms with E-state index in [2.05, 4.69) is 20.8 Å². The standard InChI is InChI=1S/C10H21NO/c1-5-8(12-4)9-7(6-11)10(9,2)3/h7-9H,5-6,11H2,1-4H3/t7-,8?,9+/m1/s1. The summed E-state index contributed by atoms with van der Waals surface area (Å²) < 4.78 is 5.44. The Bertz CT molecular complexity index is 152. The summed E-state index contributed by atoms with van der Waals surface area (Å²) in [5.41, 5.74) is 6.10. The lowest BCUT2D eigenvalue weighted by Gasteiger charge is -2.14. The van der Waals surface area contributed by atoms with E-state index in [9.17, 15) is 0 Å². The summed E-state index contributed by atoms with van der Waals surface area (Å²) in [5, 5.41) is 0. The Morgan fingerprint density at radius 3 is 2.33 bits per heavy atom. The number of hydrogen-bond acceptors (Lipinski definition) is 2. The van der Waals surface area contributed by atoms with Crippen molar-refractivity contribution in [2.24, 2.45) is 23.0 Å². The lowest BCUT2D eigenvalue weighted by atomic mass is 10.0. The van der Waals surface area contributed by atoms with E-state index in [4.69, 9.17) is 10.5 Å². The summed E-state index contributed by atoms with van der Waals surface area (Å²) in [7, 11) is 1.80. The minimum Gasteiger partial charge on any atom is -0.381 e. The molecule has 0 radical (unpaired) electrons. The molecule has 1 aliphatic carbocycles. The first-order valence-corrected chi connectivity index (χ1v) is 4.82. The van der Waals surface area contributed by atoms with Gasteiger partial charge in [0.05, 0.1) is 6.10 Å².